The molecule has 0 bridgehead atoms. The monoisotopic (exact) mass is 266 g/mol. The van der Waals surface area contributed by atoms with Gasteiger partial charge in [0.1, 0.15) is 5.82 Å². The lowest BCUT2D eigenvalue weighted by atomic mass is 10.0. The van der Waals surface area contributed by atoms with E-state index in [9.17, 15) is 9.18 Å². The first-order chi connectivity index (χ1) is 9.15. The van der Waals surface area contributed by atoms with Crippen LogP contribution in [0.25, 0.3) is 0 Å². The fourth-order valence-electron chi connectivity index (χ4n) is 2.16. The maximum absolute atomic E-state index is 13.7. The van der Waals surface area contributed by atoms with Crippen LogP contribution in [0.15, 0.2) is 18.2 Å². The molecule has 19 heavy (non-hydrogen) atoms. The number of amides is 1. The number of nitrogens with one attached hydrogen (secondary N) is 2. The number of rotatable bonds is 4. The second-order valence-corrected chi connectivity index (χ2v) is 4.84. The molecule has 0 aromatic heterocycles. The summed E-state index contributed by atoms with van der Waals surface area (Å²) in [7, 11) is 0. The van der Waals surface area contributed by atoms with Gasteiger partial charge in [-0.2, -0.15) is 0 Å². The average molecular weight is 266 g/mol. The van der Waals surface area contributed by atoms with Crippen LogP contribution in [0.2, 0.25) is 0 Å². The molecule has 0 radical (unpaired) electrons. The van der Waals surface area contributed by atoms with Crippen molar-refractivity contribution in [2.75, 3.05) is 30.4 Å². The van der Waals surface area contributed by atoms with Gasteiger partial charge < -0.3 is 15.4 Å². The molecule has 1 fully saturated rings. The summed E-state index contributed by atoms with van der Waals surface area (Å²) in [6.45, 7) is 3.65. The van der Waals surface area contributed by atoms with Crippen molar-refractivity contribution < 1.29 is 13.9 Å². The normalized spacial score (nSPS) is 18.9. The van der Waals surface area contributed by atoms with Gasteiger partial charge >= 0.3 is 0 Å². The summed E-state index contributed by atoms with van der Waals surface area (Å²) in [6, 6.07) is 4.51. The third-order valence-electron chi connectivity index (χ3n) is 3.12. The number of ether oxygens (including phenoxy) is 1. The topological polar surface area (TPSA) is 50.4 Å². The number of benzene rings is 1. The molecule has 1 aromatic rings. The summed E-state index contributed by atoms with van der Waals surface area (Å²) >= 11 is 0. The second kappa shape index (κ2) is 6.52. The predicted molar refractivity (Wildman–Crippen MR) is 72.7 cm³/mol. The predicted octanol–water partition coefficient (Wildman–Crippen LogP) is 2.62. The minimum absolute atomic E-state index is 0.168. The Hall–Kier alpha value is -1.62. The summed E-state index contributed by atoms with van der Waals surface area (Å²) in [4.78, 5) is 11.0. The molecular formula is C14H19FN2O2. The molecule has 1 atom stereocenters. The maximum Gasteiger partial charge on any atom is 0.221 e. The summed E-state index contributed by atoms with van der Waals surface area (Å²) in [5.74, 6) is -0.0679. The second-order valence-electron chi connectivity index (χ2n) is 4.84. The van der Waals surface area contributed by atoms with E-state index in [4.69, 9.17) is 4.74 Å². The molecule has 2 N–H and O–H groups in total. The van der Waals surface area contributed by atoms with E-state index in [1.807, 2.05) is 0 Å². The van der Waals surface area contributed by atoms with Crippen LogP contribution in [0.5, 0.6) is 0 Å². The molecule has 1 saturated heterocycles. The maximum atomic E-state index is 13.7. The third kappa shape index (κ3) is 4.21. The van der Waals surface area contributed by atoms with Gasteiger partial charge in [-0.15, -0.1) is 0 Å². The van der Waals surface area contributed by atoms with Crippen molar-refractivity contribution in [1.82, 2.24) is 0 Å². The summed E-state index contributed by atoms with van der Waals surface area (Å²) < 4.78 is 19.0. The van der Waals surface area contributed by atoms with Crippen molar-refractivity contribution in [3.05, 3.63) is 24.0 Å². The molecule has 104 valence electrons. The fraction of sp³-hybridized carbons (Fsp3) is 0.500. The number of halogens is 1. The highest BCUT2D eigenvalue weighted by Crippen LogP contribution is 2.21. The van der Waals surface area contributed by atoms with E-state index in [2.05, 4.69) is 10.6 Å². The minimum atomic E-state index is -0.314. The van der Waals surface area contributed by atoms with Crippen LogP contribution < -0.4 is 10.6 Å². The molecule has 0 aliphatic carbocycles. The molecule has 1 aromatic carbocycles. The Labute approximate surface area is 112 Å². The number of carbonyl (C=O) groups is 1. The standard InChI is InChI=1S/C14H19FN2O2/c1-10(18)17-12-4-5-13(15)14(7-12)16-8-11-3-2-6-19-9-11/h4-5,7,11,16H,2-3,6,8-9H2,1H3,(H,17,18). The molecular weight excluding hydrogens is 247 g/mol. The molecule has 5 heteroatoms. The summed E-state index contributed by atoms with van der Waals surface area (Å²) in [5, 5.41) is 5.73. The molecule has 4 nitrogen and oxygen atoms in total. The number of carbonyl (C=O) groups excluding carboxylic acids is 1. The van der Waals surface area contributed by atoms with E-state index in [1.165, 1.54) is 13.0 Å². The molecule has 0 saturated carbocycles. The van der Waals surface area contributed by atoms with Gasteiger partial charge in [0, 0.05) is 25.8 Å². The Balaban J connectivity index is 1.95. The molecule has 1 aliphatic heterocycles. The quantitative estimate of drug-likeness (QED) is 0.880. The van der Waals surface area contributed by atoms with Crippen molar-refractivity contribution in [2.45, 2.75) is 19.8 Å². The first-order valence-corrected chi connectivity index (χ1v) is 6.54. The molecule has 1 unspecified atom stereocenters. The van der Waals surface area contributed by atoms with Crippen LogP contribution in [-0.2, 0) is 9.53 Å². The van der Waals surface area contributed by atoms with E-state index in [0.29, 0.717) is 23.8 Å². The Kier molecular flexibility index (Phi) is 4.74. The van der Waals surface area contributed by atoms with E-state index in [0.717, 1.165) is 26.1 Å². The number of anilines is 2. The van der Waals surface area contributed by atoms with Crippen molar-refractivity contribution in [3.63, 3.8) is 0 Å². The number of hydrogen-bond donors (Lipinski definition) is 2. The molecule has 0 spiro atoms. The van der Waals surface area contributed by atoms with Gasteiger partial charge in [-0.3, -0.25) is 4.79 Å². The summed E-state index contributed by atoms with van der Waals surface area (Å²) in [6.07, 6.45) is 2.15. The molecule has 1 aliphatic rings. The van der Waals surface area contributed by atoms with Gasteiger partial charge in [0.05, 0.1) is 12.3 Å². The Morgan fingerprint density at radius 1 is 1.53 bits per heavy atom. The molecule has 2 rings (SSSR count). The Morgan fingerprint density at radius 3 is 3.05 bits per heavy atom. The minimum Gasteiger partial charge on any atom is -0.382 e. The third-order valence-corrected chi connectivity index (χ3v) is 3.12. The zero-order valence-electron chi connectivity index (χ0n) is 11.0. The highest BCUT2D eigenvalue weighted by Gasteiger charge is 2.14. The zero-order valence-corrected chi connectivity index (χ0v) is 11.0. The van der Waals surface area contributed by atoms with Gasteiger partial charge in [-0.05, 0) is 37.0 Å². The SMILES string of the molecule is CC(=O)Nc1ccc(F)c(NCC2CCCOC2)c1. The van der Waals surface area contributed by atoms with Crippen molar-refractivity contribution in [3.8, 4) is 0 Å². The van der Waals surface area contributed by atoms with Crippen LogP contribution in [0.4, 0.5) is 15.8 Å². The lowest BCUT2D eigenvalue weighted by Gasteiger charge is -2.23. The van der Waals surface area contributed by atoms with E-state index in [-0.39, 0.29) is 11.7 Å². The zero-order chi connectivity index (χ0) is 13.7. The van der Waals surface area contributed by atoms with Crippen molar-refractivity contribution >= 4 is 17.3 Å². The van der Waals surface area contributed by atoms with Gasteiger partial charge in [-0.25, -0.2) is 4.39 Å². The molecule has 1 amide bonds. The van der Waals surface area contributed by atoms with Gasteiger partial charge in [0.25, 0.3) is 0 Å². The van der Waals surface area contributed by atoms with E-state index < -0.39 is 0 Å². The Morgan fingerprint density at radius 2 is 2.37 bits per heavy atom. The first-order valence-electron chi connectivity index (χ1n) is 6.54. The van der Waals surface area contributed by atoms with Crippen molar-refractivity contribution in [1.29, 1.82) is 0 Å². The lowest BCUT2D eigenvalue weighted by Crippen LogP contribution is -2.24. The highest BCUT2D eigenvalue weighted by molar-refractivity contribution is 5.89. The fourth-order valence-corrected chi connectivity index (χ4v) is 2.16. The lowest BCUT2D eigenvalue weighted by molar-refractivity contribution is -0.114. The van der Waals surface area contributed by atoms with Crippen LogP contribution >= 0.6 is 0 Å². The van der Waals surface area contributed by atoms with Gasteiger partial charge in [0.2, 0.25) is 5.91 Å². The largest absolute Gasteiger partial charge is 0.382 e. The van der Waals surface area contributed by atoms with Gasteiger partial charge in [-0.1, -0.05) is 0 Å². The first kappa shape index (κ1) is 13.8. The smallest absolute Gasteiger partial charge is 0.221 e. The van der Waals surface area contributed by atoms with E-state index in [1.54, 1.807) is 12.1 Å². The number of hydrogen-bond acceptors (Lipinski definition) is 3. The average Bonchev–Trinajstić information content (AvgIpc) is 2.40. The highest BCUT2D eigenvalue weighted by atomic mass is 19.1. The molecule has 1 heterocycles. The van der Waals surface area contributed by atoms with Crippen LogP contribution in [0, 0.1) is 11.7 Å². The Bertz CT molecular complexity index is 445. The van der Waals surface area contributed by atoms with Gasteiger partial charge in [0.15, 0.2) is 0 Å². The van der Waals surface area contributed by atoms with Crippen LogP contribution in [0.3, 0.4) is 0 Å². The van der Waals surface area contributed by atoms with Crippen LogP contribution in [0.1, 0.15) is 19.8 Å². The van der Waals surface area contributed by atoms with E-state index >= 15 is 0 Å². The van der Waals surface area contributed by atoms with Crippen molar-refractivity contribution in [2.24, 2.45) is 5.92 Å². The van der Waals surface area contributed by atoms with Crippen LogP contribution in [-0.4, -0.2) is 25.7 Å². The summed E-state index contributed by atoms with van der Waals surface area (Å²) in [5.41, 5.74) is 1.01.